The van der Waals surface area contributed by atoms with Gasteiger partial charge in [-0.1, -0.05) is 117 Å². The first-order valence-corrected chi connectivity index (χ1v) is 22.7. The van der Waals surface area contributed by atoms with Crippen LogP contribution in [-0.2, 0) is 43.4 Å². The van der Waals surface area contributed by atoms with Gasteiger partial charge in [-0.15, -0.1) is 20.4 Å². The molecule has 0 saturated heterocycles. The van der Waals surface area contributed by atoms with E-state index < -0.39 is 0 Å². The Morgan fingerprint density at radius 1 is 0.462 bits per heavy atom. The summed E-state index contributed by atoms with van der Waals surface area (Å²) in [6.07, 6.45) is 2.00. The zero-order valence-electron chi connectivity index (χ0n) is 42.6. The van der Waals surface area contributed by atoms with Gasteiger partial charge in [-0.2, -0.15) is 9.59 Å². The first-order valence-electron chi connectivity index (χ1n) is 22.7. The van der Waals surface area contributed by atoms with E-state index in [0.717, 1.165) is 83.3 Å². The van der Waals surface area contributed by atoms with E-state index >= 15 is 0 Å². The SMILES string of the molecule is CN(C)CCN(C)Cc1cc(C(C)(C)CC(C)(C)C)cc(-n2nc3ccccc3n2)c1[O-].CN(C)CCN(C)Cc1cc(C(C)(C)CC(C)(C)C)cc(-n2nc3ccccc3n2)c1[O-].[Zn+2]. The van der Waals surface area contributed by atoms with Crippen LogP contribution in [0.4, 0.5) is 0 Å². The van der Waals surface area contributed by atoms with Gasteiger partial charge in [0, 0.05) is 39.3 Å². The van der Waals surface area contributed by atoms with E-state index in [-0.39, 0.29) is 52.6 Å². The summed E-state index contributed by atoms with van der Waals surface area (Å²) in [5.74, 6) is -0.00497. The van der Waals surface area contributed by atoms with Crippen molar-refractivity contribution >= 4 is 22.1 Å². The van der Waals surface area contributed by atoms with Gasteiger partial charge in [0.05, 0.1) is 11.4 Å². The summed E-state index contributed by atoms with van der Waals surface area (Å²) in [4.78, 5) is 11.8. The number of hydrogen-bond donors (Lipinski definition) is 0. The summed E-state index contributed by atoms with van der Waals surface area (Å²) in [6, 6.07) is 23.6. The second-order valence-electron chi connectivity index (χ2n) is 22.2. The fourth-order valence-electron chi connectivity index (χ4n) is 8.93. The van der Waals surface area contributed by atoms with Crippen molar-refractivity contribution in [2.24, 2.45) is 10.8 Å². The van der Waals surface area contributed by atoms with Crippen molar-refractivity contribution in [1.29, 1.82) is 0 Å². The predicted molar refractivity (Wildman–Crippen MR) is 261 cm³/mol. The van der Waals surface area contributed by atoms with E-state index in [1.807, 2.05) is 60.7 Å². The molecule has 4 aromatic carbocycles. The van der Waals surface area contributed by atoms with Gasteiger partial charge in [-0.25, -0.2) is 0 Å². The van der Waals surface area contributed by atoms with Crippen molar-refractivity contribution in [2.75, 3.05) is 68.5 Å². The predicted octanol–water partition coefficient (Wildman–Crippen LogP) is 8.40. The van der Waals surface area contributed by atoms with E-state index in [2.05, 4.69) is 164 Å². The van der Waals surface area contributed by atoms with Crippen molar-refractivity contribution < 1.29 is 29.7 Å². The molecule has 0 aliphatic heterocycles. The van der Waals surface area contributed by atoms with Crippen molar-refractivity contribution in [2.45, 2.75) is 106 Å². The number of rotatable bonds is 16. The fourth-order valence-corrected chi connectivity index (χ4v) is 8.93. The summed E-state index contributed by atoms with van der Waals surface area (Å²) in [7, 11) is 12.4. The van der Waals surface area contributed by atoms with Crippen LogP contribution >= 0.6 is 0 Å². The minimum atomic E-state index is -0.0930. The minimum absolute atomic E-state index is 0. The van der Waals surface area contributed by atoms with Crippen molar-refractivity contribution in [3.63, 3.8) is 0 Å². The number of nitrogens with zero attached hydrogens (tertiary/aromatic N) is 10. The van der Waals surface area contributed by atoms with Crippen LogP contribution in [0, 0.1) is 10.8 Å². The maximum absolute atomic E-state index is 13.5. The summed E-state index contributed by atoms with van der Waals surface area (Å²) in [5, 5.41) is 45.5. The van der Waals surface area contributed by atoms with Gasteiger partial charge in [0.1, 0.15) is 22.1 Å². The van der Waals surface area contributed by atoms with Crippen LogP contribution in [-0.4, -0.2) is 118 Å². The van der Waals surface area contributed by atoms with Crippen LogP contribution in [0.15, 0.2) is 72.8 Å². The average molecular weight is 939 g/mol. The molecule has 65 heavy (non-hydrogen) atoms. The molecule has 0 amide bonds. The largest absolute Gasteiger partial charge is 2.00 e. The van der Waals surface area contributed by atoms with Crippen LogP contribution in [0.3, 0.4) is 0 Å². The smallest absolute Gasteiger partial charge is 0.871 e. The number of likely N-dealkylation sites (N-methyl/N-ethyl adjacent to an activating group) is 4. The average Bonchev–Trinajstić information content (AvgIpc) is 3.81. The molecule has 0 aliphatic carbocycles. The molecule has 0 N–H and O–H groups in total. The third-order valence-corrected chi connectivity index (χ3v) is 11.5. The van der Waals surface area contributed by atoms with Gasteiger partial charge in [0.15, 0.2) is 0 Å². The normalized spacial score (nSPS) is 12.7. The van der Waals surface area contributed by atoms with Crippen LogP contribution in [0.25, 0.3) is 33.4 Å². The van der Waals surface area contributed by atoms with Gasteiger partial charge >= 0.3 is 19.5 Å². The molecule has 0 radical (unpaired) electrons. The van der Waals surface area contributed by atoms with E-state index in [1.165, 1.54) is 9.59 Å². The molecule has 13 heteroatoms. The standard InChI is InChI=1S/2C26H39N5O.Zn/c2*1-25(2,3)18-26(4,5)20-15-19(17-30(8)14-13-29(6)7)24(32)23(16-20)31-27-21-11-9-10-12-22(21)28-31;/h2*9-12,15-16,32H,13-14,17-18H2,1-8H3;/q;;+2/p-2. The van der Waals surface area contributed by atoms with Crippen LogP contribution in [0.1, 0.15) is 104 Å². The summed E-state index contributed by atoms with van der Waals surface area (Å²) >= 11 is 0. The third kappa shape index (κ3) is 14.9. The van der Waals surface area contributed by atoms with Crippen molar-refractivity contribution in [3.05, 3.63) is 95.1 Å². The van der Waals surface area contributed by atoms with Gasteiger partial charge in [0.2, 0.25) is 0 Å². The third-order valence-electron chi connectivity index (χ3n) is 11.5. The van der Waals surface area contributed by atoms with E-state index in [9.17, 15) is 10.2 Å². The zero-order chi connectivity index (χ0) is 47.4. The molecule has 6 rings (SSSR count). The number of benzene rings is 4. The van der Waals surface area contributed by atoms with Gasteiger partial charge in [0.25, 0.3) is 0 Å². The van der Waals surface area contributed by atoms with Gasteiger partial charge in [-0.3, -0.25) is 0 Å². The number of aromatic nitrogens is 6. The maximum atomic E-state index is 13.5. The van der Waals surface area contributed by atoms with Crippen LogP contribution in [0.2, 0.25) is 0 Å². The number of hydrogen-bond acceptors (Lipinski definition) is 10. The molecule has 12 nitrogen and oxygen atoms in total. The molecular weight excluding hydrogens is 862 g/mol. The Hall–Kier alpha value is -4.26. The molecule has 2 heterocycles. The van der Waals surface area contributed by atoms with Gasteiger partial charge < -0.3 is 29.8 Å². The quantitative estimate of drug-likeness (QED) is 0.0876. The molecule has 0 spiro atoms. The number of fused-ring (bicyclic) bond motifs is 2. The van der Waals surface area contributed by atoms with Crippen molar-refractivity contribution in [1.82, 2.24) is 49.6 Å². The Bertz CT molecular complexity index is 2240. The van der Waals surface area contributed by atoms with Crippen LogP contribution in [0.5, 0.6) is 11.5 Å². The summed E-state index contributed by atoms with van der Waals surface area (Å²) < 4.78 is 0. The van der Waals surface area contributed by atoms with E-state index in [4.69, 9.17) is 0 Å². The first-order chi connectivity index (χ1) is 29.7. The van der Waals surface area contributed by atoms with E-state index in [0.29, 0.717) is 24.5 Å². The molecule has 0 atom stereocenters. The molecular formula is C52H76N10O2Zn. The second-order valence-corrected chi connectivity index (χ2v) is 22.2. The van der Waals surface area contributed by atoms with E-state index in [1.54, 1.807) is 0 Å². The molecule has 0 saturated carbocycles. The first kappa shape index (κ1) is 53.4. The summed E-state index contributed by atoms with van der Waals surface area (Å²) in [6.45, 7) is 27.5. The Morgan fingerprint density at radius 2 is 0.754 bits per heavy atom. The topological polar surface area (TPSA) is 120 Å². The summed E-state index contributed by atoms with van der Waals surface area (Å²) in [5.41, 5.74) is 8.24. The Morgan fingerprint density at radius 3 is 1.02 bits per heavy atom. The Labute approximate surface area is 402 Å². The minimum Gasteiger partial charge on any atom is -0.871 e. The molecule has 6 aromatic rings. The fraction of sp³-hybridized carbons (Fsp3) is 0.538. The molecule has 0 unspecified atom stereocenters. The molecule has 0 aliphatic rings. The Kier molecular flexibility index (Phi) is 17.7. The zero-order valence-corrected chi connectivity index (χ0v) is 45.5. The molecule has 0 fully saturated rings. The van der Waals surface area contributed by atoms with Crippen LogP contribution < -0.4 is 10.2 Å². The molecule has 348 valence electrons. The molecule has 2 aromatic heterocycles. The van der Waals surface area contributed by atoms with Gasteiger partial charge in [-0.05, 0) is 135 Å². The maximum Gasteiger partial charge on any atom is 2.00 e. The Balaban J connectivity index is 0.000000280. The second kappa shape index (κ2) is 21.6. The molecule has 0 bridgehead atoms. The van der Waals surface area contributed by atoms with Crippen molar-refractivity contribution in [3.8, 4) is 22.9 Å². The monoisotopic (exact) mass is 937 g/mol.